The Kier molecular flexibility index (Phi) is 6.88. The number of aromatic nitrogens is 2. The van der Waals surface area contributed by atoms with Crippen LogP contribution in [-0.2, 0) is 4.79 Å². The highest BCUT2D eigenvalue weighted by molar-refractivity contribution is 7.17. The molecular formula is C26H29N5O4S. The van der Waals surface area contributed by atoms with Gasteiger partial charge in [0.2, 0.25) is 11.9 Å². The van der Waals surface area contributed by atoms with Crippen molar-refractivity contribution >= 4 is 45.0 Å². The maximum Gasteiger partial charge on any atom is 0.511 e. The lowest BCUT2D eigenvalue weighted by molar-refractivity contribution is -0.133. The van der Waals surface area contributed by atoms with Gasteiger partial charge in [0.25, 0.3) is 0 Å². The SMILES string of the molecule is C[C@@H]1CN(c2ncc(OC(=O)O)cn2)C[C@H](C)N1CC(=O)N1CC=C(c2cccc3ccsc23)CC1. The van der Waals surface area contributed by atoms with Crippen molar-refractivity contribution in [3.05, 3.63) is 53.7 Å². The van der Waals surface area contributed by atoms with Crippen molar-refractivity contribution in [2.24, 2.45) is 0 Å². The van der Waals surface area contributed by atoms with Crippen LogP contribution in [0.5, 0.6) is 5.75 Å². The molecule has 1 amide bonds. The van der Waals surface area contributed by atoms with Crippen molar-refractivity contribution in [1.29, 1.82) is 0 Å². The average Bonchev–Trinajstić information content (AvgIpc) is 3.35. The number of carbonyl (C=O) groups excluding carboxylic acids is 1. The summed E-state index contributed by atoms with van der Waals surface area (Å²) < 4.78 is 5.90. The molecule has 0 aliphatic carbocycles. The Labute approximate surface area is 213 Å². The highest BCUT2D eigenvalue weighted by Gasteiger charge is 2.33. The molecule has 0 radical (unpaired) electrons. The van der Waals surface area contributed by atoms with Crippen LogP contribution in [0.1, 0.15) is 25.8 Å². The number of carbonyl (C=O) groups is 2. The molecule has 9 nitrogen and oxygen atoms in total. The fraction of sp³-hybridized carbons (Fsp3) is 0.385. The third-order valence-electron chi connectivity index (χ3n) is 6.91. The van der Waals surface area contributed by atoms with Crippen molar-refractivity contribution in [1.82, 2.24) is 19.8 Å². The van der Waals surface area contributed by atoms with Crippen LogP contribution in [0.3, 0.4) is 0 Å². The maximum absolute atomic E-state index is 13.2. The first-order valence-corrected chi connectivity index (χ1v) is 12.9. The van der Waals surface area contributed by atoms with Crippen LogP contribution in [0.4, 0.5) is 10.7 Å². The number of benzene rings is 1. The van der Waals surface area contributed by atoms with Crippen LogP contribution >= 0.6 is 11.3 Å². The maximum atomic E-state index is 13.2. The van der Waals surface area contributed by atoms with E-state index in [4.69, 9.17) is 5.11 Å². The van der Waals surface area contributed by atoms with Crippen LogP contribution in [0.15, 0.2) is 48.1 Å². The minimum absolute atomic E-state index is 0.0855. The summed E-state index contributed by atoms with van der Waals surface area (Å²) in [5.74, 6) is 0.757. The van der Waals surface area contributed by atoms with E-state index in [0.717, 1.165) is 13.0 Å². The van der Waals surface area contributed by atoms with Crippen molar-refractivity contribution in [2.75, 3.05) is 37.6 Å². The van der Waals surface area contributed by atoms with Gasteiger partial charge in [-0.2, -0.15) is 0 Å². The van der Waals surface area contributed by atoms with Crippen molar-refractivity contribution in [3.63, 3.8) is 0 Å². The number of carboxylic acid groups (broad SMARTS) is 1. The number of piperazine rings is 1. The molecule has 0 unspecified atom stereocenters. The van der Waals surface area contributed by atoms with Gasteiger partial charge >= 0.3 is 6.16 Å². The topological polar surface area (TPSA) is 99.1 Å². The third-order valence-corrected chi connectivity index (χ3v) is 7.87. The second-order valence-electron chi connectivity index (χ2n) is 9.33. The molecule has 0 spiro atoms. The molecule has 2 aliphatic rings. The van der Waals surface area contributed by atoms with E-state index in [0.29, 0.717) is 32.1 Å². The van der Waals surface area contributed by atoms with Crippen LogP contribution in [0, 0.1) is 0 Å². The van der Waals surface area contributed by atoms with Crippen LogP contribution in [-0.4, -0.2) is 81.7 Å². The summed E-state index contributed by atoms with van der Waals surface area (Å²) in [5.41, 5.74) is 2.61. The molecule has 1 saturated heterocycles. The number of fused-ring (bicyclic) bond motifs is 1. The van der Waals surface area contributed by atoms with Crippen LogP contribution in [0.2, 0.25) is 0 Å². The Morgan fingerprint density at radius 3 is 2.56 bits per heavy atom. The fourth-order valence-electron chi connectivity index (χ4n) is 5.10. The lowest BCUT2D eigenvalue weighted by Gasteiger charge is -2.44. The number of nitrogens with zero attached hydrogens (tertiary/aromatic N) is 5. The number of thiophene rings is 1. The average molecular weight is 508 g/mol. The van der Waals surface area contributed by atoms with Gasteiger partial charge in [0, 0.05) is 43.0 Å². The zero-order chi connectivity index (χ0) is 25.2. The molecule has 1 aromatic carbocycles. The Hall–Kier alpha value is -3.50. The Bertz CT molecular complexity index is 1280. The van der Waals surface area contributed by atoms with Gasteiger partial charge in [-0.3, -0.25) is 9.69 Å². The first kappa shape index (κ1) is 24.2. The minimum Gasteiger partial charge on any atom is -0.449 e. The first-order valence-electron chi connectivity index (χ1n) is 12.1. The van der Waals surface area contributed by atoms with Gasteiger partial charge in [-0.05, 0) is 48.2 Å². The smallest absolute Gasteiger partial charge is 0.449 e. The molecule has 2 aromatic heterocycles. The Morgan fingerprint density at radius 2 is 1.89 bits per heavy atom. The second-order valence-corrected chi connectivity index (χ2v) is 10.2. The quantitative estimate of drug-likeness (QED) is 0.518. The standard InChI is InChI=1S/C26H29N5O4S/c1-17-14-30(25-27-12-21(13-28-25)35-26(33)34)15-18(2)31(17)16-23(32)29-9-6-19(7-10-29)22-5-3-4-20-8-11-36-24(20)22/h3-6,8,11-13,17-18H,7,9-10,14-16H2,1-2H3,(H,33,34)/t17-,18+. The third kappa shape index (κ3) is 5.05. The van der Waals surface area contributed by atoms with E-state index in [9.17, 15) is 9.59 Å². The zero-order valence-corrected chi connectivity index (χ0v) is 21.1. The van der Waals surface area contributed by atoms with Gasteiger partial charge in [0.15, 0.2) is 5.75 Å². The number of hydrogen-bond acceptors (Lipinski definition) is 8. The number of anilines is 1. The van der Waals surface area contributed by atoms with Crippen LogP contribution < -0.4 is 9.64 Å². The van der Waals surface area contributed by atoms with Crippen molar-refractivity contribution in [2.45, 2.75) is 32.4 Å². The van der Waals surface area contributed by atoms with E-state index >= 15 is 0 Å². The predicted molar refractivity (Wildman–Crippen MR) is 140 cm³/mol. The highest BCUT2D eigenvalue weighted by atomic mass is 32.1. The summed E-state index contributed by atoms with van der Waals surface area (Å²) >= 11 is 1.77. The molecule has 1 fully saturated rings. The number of ether oxygens (including phenoxy) is 1. The zero-order valence-electron chi connectivity index (χ0n) is 20.3. The summed E-state index contributed by atoms with van der Waals surface area (Å²) in [6, 6.07) is 8.84. The van der Waals surface area contributed by atoms with Gasteiger partial charge in [-0.25, -0.2) is 14.8 Å². The molecule has 3 aromatic rings. The van der Waals surface area contributed by atoms with Gasteiger partial charge in [0.05, 0.1) is 18.9 Å². The van der Waals surface area contributed by atoms with E-state index in [1.165, 1.54) is 33.6 Å². The molecule has 0 bridgehead atoms. The molecule has 2 aliphatic heterocycles. The largest absolute Gasteiger partial charge is 0.511 e. The monoisotopic (exact) mass is 507 g/mol. The molecule has 36 heavy (non-hydrogen) atoms. The molecule has 10 heteroatoms. The molecule has 4 heterocycles. The predicted octanol–water partition coefficient (Wildman–Crippen LogP) is 3.96. The normalized spacial score (nSPS) is 20.9. The number of hydrogen-bond donors (Lipinski definition) is 1. The van der Waals surface area contributed by atoms with E-state index in [1.54, 1.807) is 11.3 Å². The van der Waals surface area contributed by atoms with E-state index in [1.807, 2.05) is 4.90 Å². The summed E-state index contributed by atoms with van der Waals surface area (Å²) in [4.78, 5) is 38.6. The van der Waals surface area contributed by atoms with Gasteiger partial charge in [-0.1, -0.05) is 24.3 Å². The molecule has 2 atom stereocenters. The van der Waals surface area contributed by atoms with E-state index < -0.39 is 6.16 Å². The van der Waals surface area contributed by atoms with Gasteiger partial charge in [0.1, 0.15) is 0 Å². The molecule has 1 N–H and O–H groups in total. The number of rotatable bonds is 5. The summed E-state index contributed by atoms with van der Waals surface area (Å²) in [6.45, 7) is 7.30. The lowest BCUT2D eigenvalue weighted by atomic mass is 9.98. The molecular weight excluding hydrogens is 478 g/mol. The van der Waals surface area contributed by atoms with E-state index in [2.05, 4.69) is 74.1 Å². The first-order chi connectivity index (χ1) is 17.4. The molecule has 5 rings (SSSR count). The van der Waals surface area contributed by atoms with E-state index in [-0.39, 0.29) is 23.7 Å². The van der Waals surface area contributed by atoms with Crippen LogP contribution in [0.25, 0.3) is 15.7 Å². The minimum atomic E-state index is -1.40. The Balaban J connectivity index is 1.19. The lowest BCUT2D eigenvalue weighted by Crippen LogP contribution is -2.59. The van der Waals surface area contributed by atoms with Crippen molar-refractivity contribution in [3.8, 4) is 5.75 Å². The summed E-state index contributed by atoms with van der Waals surface area (Å²) in [7, 11) is 0. The van der Waals surface area contributed by atoms with Gasteiger partial charge in [-0.15, -0.1) is 11.3 Å². The Morgan fingerprint density at radius 1 is 1.14 bits per heavy atom. The van der Waals surface area contributed by atoms with Crippen molar-refractivity contribution < 1.29 is 19.4 Å². The highest BCUT2D eigenvalue weighted by Crippen LogP contribution is 2.32. The second kappa shape index (κ2) is 10.2. The van der Waals surface area contributed by atoms with Gasteiger partial charge < -0.3 is 19.6 Å². The molecule has 0 saturated carbocycles. The summed E-state index contributed by atoms with van der Waals surface area (Å²) in [5, 5.41) is 12.1. The molecule has 188 valence electrons. The fourth-order valence-corrected chi connectivity index (χ4v) is 6.05. The number of amides is 1. The summed E-state index contributed by atoms with van der Waals surface area (Å²) in [6.07, 6.45) is 4.39.